The van der Waals surface area contributed by atoms with E-state index in [9.17, 15) is 0 Å². The van der Waals surface area contributed by atoms with Gasteiger partial charge in [-0.25, -0.2) is 0 Å². The lowest BCUT2D eigenvalue weighted by molar-refractivity contribution is 0.838. The number of fused-ring (bicyclic) bond motifs is 3. The summed E-state index contributed by atoms with van der Waals surface area (Å²) in [4.78, 5) is 0. The molecular weight excluding hydrogens is 537 g/mol. The van der Waals surface area contributed by atoms with Crippen molar-refractivity contribution in [2.75, 3.05) is 0 Å². The Morgan fingerprint density at radius 2 is 0.643 bits per heavy atom. The summed E-state index contributed by atoms with van der Waals surface area (Å²) in [5.41, 5.74) is 13.8. The fourth-order valence-corrected chi connectivity index (χ4v) is 18.6. The van der Waals surface area contributed by atoms with E-state index in [1.54, 1.807) is 0 Å². The van der Waals surface area contributed by atoms with Crippen LogP contribution in [0.1, 0.15) is 94.2 Å². The molecule has 220 valence electrons. The summed E-state index contributed by atoms with van der Waals surface area (Å²) in [5, 5.41) is 7.62. The summed E-state index contributed by atoms with van der Waals surface area (Å²) in [5.74, 6) is 7.63. The molecule has 0 amide bonds. The molecule has 0 spiro atoms. The summed E-state index contributed by atoms with van der Waals surface area (Å²) in [7, 11) is -3.78. The van der Waals surface area contributed by atoms with Gasteiger partial charge in [-0.3, -0.25) is 0 Å². The number of hydrogen-bond acceptors (Lipinski definition) is 0. The maximum absolute atomic E-state index is 4.01. The van der Waals surface area contributed by atoms with Gasteiger partial charge in [-0.05, 0) is 102 Å². The van der Waals surface area contributed by atoms with Crippen LogP contribution in [0.15, 0.2) is 60.7 Å². The molecule has 0 saturated heterocycles. The van der Waals surface area contributed by atoms with E-state index >= 15 is 0 Å². The van der Waals surface area contributed by atoms with Gasteiger partial charge in [-0.1, -0.05) is 119 Å². The molecule has 4 aromatic rings. The summed E-state index contributed by atoms with van der Waals surface area (Å²) in [6.45, 7) is 28.7. The quantitative estimate of drug-likeness (QED) is 0.119. The smallest absolute Gasteiger partial charge is 0.125 e. The monoisotopic (exact) mass is 588 g/mol. The van der Waals surface area contributed by atoms with Gasteiger partial charge in [-0.15, -0.1) is 11.1 Å². The highest BCUT2D eigenvalue weighted by atomic mass is 28.3. The average molecular weight is 589 g/mol. The predicted molar refractivity (Wildman–Crippen MR) is 195 cm³/mol. The Morgan fingerprint density at radius 1 is 0.381 bits per heavy atom. The Labute approximate surface area is 258 Å². The molecule has 0 N–H and O–H groups in total. The van der Waals surface area contributed by atoms with E-state index in [0.717, 1.165) is 11.1 Å². The minimum Gasteiger partial charge on any atom is -0.125 e. The zero-order chi connectivity index (χ0) is 31.0. The van der Waals surface area contributed by atoms with Gasteiger partial charge in [0.15, 0.2) is 0 Å². The van der Waals surface area contributed by atoms with Crippen LogP contribution in [0.4, 0.5) is 0 Å². The van der Waals surface area contributed by atoms with Gasteiger partial charge < -0.3 is 0 Å². The minimum absolute atomic E-state index is 0.597. The largest absolute Gasteiger partial charge is 0.146 e. The lowest BCUT2D eigenvalue weighted by atomic mass is 9.96. The molecule has 4 rings (SSSR count). The predicted octanol–water partition coefficient (Wildman–Crippen LogP) is 12.3. The molecule has 0 radical (unpaired) electrons. The second kappa shape index (κ2) is 12.4. The molecule has 0 aliphatic carbocycles. The third kappa shape index (κ3) is 5.74. The summed E-state index contributed by atoms with van der Waals surface area (Å²) in [6.07, 6.45) is 0. The molecular formula is C40H52Si2. The van der Waals surface area contributed by atoms with Crippen LogP contribution in [-0.4, -0.2) is 16.1 Å². The molecule has 0 aliphatic rings. The van der Waals surface area contributed by atoms with Gasteiger partial charge in [-0.2, -0.15) is 0 Å². The third-order valence-electron chi connectivity index (χ3n) is 10.4. The summed E-state index contributed by atoms with van der Waals surface area (Å²) < 4.78 is 0. The molecule has 4 aromatic carbocycles. The first-order valence-electron chi connectivity index (χ1n) is 16.2. The van der Waals surface area contributed by atoms with Gasteiger partial charge in [0.05, 0.1) is 0 Å². The molecule has 2 heteroatoms. The van der Waals surface area contributed by atoms with Crippen LogP contribution in [0.3, 0.4) is 0 Å². The molecule has 0 fully saturated rings. The van der Waals surface area contributed by atoms with Crippen LogP contribution >= 0.6 is 0 Å². The van der Waals surface area contributed by atoms with Crippen LogP contribution in [0.2, 0.25) is 33.2 Å². The maximum Gasteiger partial charge on any atom is 0.146 e. The first kappa shape index (κ1) is 32.1. The molecule has 0 unspecified atom stereocenters. The van der Waals surface area contributed by atoms with Gasteiger partial charge in [0.2, 0.25) is 0 Å². The van der Waals surface area contributed by atoms with E-state index in [1.165, 1.54) is 32.3 Å². The average Bonchev–Trinajstić information content (AvgIpc) is 2.90. The molecule has 0 aromatic heterocycles. The third-order valence-corrected chi connectivity index (χ3v) is 22.9. The Kier molecular flexibility index (Phi) is 9.52. The van der Waals surface area contributed by atoms with Crippen molar-refractivity contribution in [2.24, 2.45) is 0 Å². The van der Waals surface area contributed by atoms with E-state index in [0.29, 0.717) is 33.2 Å². The van der Waals surface area contributed by atoms with Crippen LogP contribution in [0.25, 0.3) is 32.3 Å². The summed E-state index contributed by atoms with van der Waals surface area (Å²) in [6, 6.07) is 22.7. The molecule has 0 aliphatic heterocycles. The van der Waals surface area contributed by atoms with Crippen molar-refractivity contribution in [3.05, 3.63) is 71.8 Å². The van der Waals surface area contributed by atoms with Gasteiger partial charge in [0.25, 0.3) is 0 Å². The SMILES string of the molecule is CC(C)[Si](C#Cc1cc2cc3cc4ccccc4cc3cc2cc1C#C[Si](C(C)C)(C(C)C)C(C)C)(C(C)C)C(C)C. The van der Waals surface area contributed by atoms with E-state index in [-0.39, 0.29) is 0 Å². The van der Waals surface area contributed by atoms with Crippen molar-refractivity contribution in [3.8, 4) is 22.9 Å². The van der Waals surface area contributed by atoms with Crippen LogP contribution < -0.4 is 0 Å². The second-order valence-corrected chi connectivity index (χ2v) is 25.6. The number of rotatable bonds is 6. The molecule has 0 atom stereocenters. The lowest BCUT2D eigenvalue weighted by Gasteiger charge is -2.38. The van der Waals surface area contributed by atoms with E-state index in [1.807, 2.05) is 0 Å². The Hall–Kier alpha value is -2.79. The van der Waals surface area contributed by atoms with Crippen molar-refractivity contribution < 1.29 is 0 Å². The van der Waals surface area contributed by atoms with E-state index < -0.39 is 16.1 Å². The normalized spacial score (nSPS) is 12.7. The Morgan fingerprint density at radius 3 is 0.929 bits per heavy atom. The van der Waals surface area contributed by atoms with Crippen molar-refractivity contribution in [2.45, 2.75) is 116 Å². The van der Waals surface area contributed by atoms with E-state index in [4.69, 9.17) is 0 Å². The van der Waals surface area contributed by atoms with Gasteiger partial charge >= 0.3 is 0 Å². The maximum atomic E-state index is 4.01. The van der Waals surface area contributed by atoms with Crippen molar-refractivity contribution in [1.29, 1.82) is 0 Å². The van der Waals surface area contributed by atoms with Crippen molar-refractivity contribution in [1.82, 2.24) is 0 Å². The number of hydrogen-bond donors (Lipinski definition) is 0. The van der Waals surface area contributed by atoms with Gasteiger partial charge in [0.1, 0.15) is 16.1 Å². The Balaban J connectivity index is 2.04. The lowest BCUT2D eigenvalue weighted by Crippen LogP contribution is -2.43. The molecule has 42 heavy (non-hydrogen) atoms. The molecule has 0 saturated carbocycles. The van der Waals surface area contributed by atoms with Crippen LogP contribution in [-0.2, 0) is 0 Å². The highest BCUT2D eigenvalue weighted by Crippen LogP contribution is 2.42. The highest BCUT2D eigenvalue weighted by Gasteiger charge is 2.42. The molecule has 0 bridgehead atoms. The topological polar surface area (TPSA) is 0 Å². The first-order chi connectivity index (χ1) is 19.7. The number of benzene rings is 4. The highest BCUT2D eigenvalue weighted by molar-refractivity contribution is 6.91. The second-order valence-electron chi connectivity index (χ2n) is 14.4. The zero-order valence-electron chi connectivity index (χ0n) is 28.2. The fraction of sp³-hybridized carbons (Fsp3) is 0.450. The zero-order valence-corrected chi connectivity index (χ0v) is 30.2. The molecule has 0 heterocycles. The van der Waals surface area contributed by atoms with Crippen molar-refractivity contribution in [3.63, 3.8) is 0 Å². The standard InChI is InChI=1S/C40H52Si2/c1-27(2)41(28(3)4,29(5)6)19-17-35-23-39-25-37-21-33-15-13-14-16-34(33)22-38(37)26-40(39)24-36(35)18-20-42(30(7)8,31(9)10)32(11)12/h13-16,21-32H,1-12H3. The summed E-state index contributed by atoms with van der Waals surface area (Å²) >= 11 is 0. The van der Waals surface area contributed by atoms with Crippen LogP contribution in [0, 0.1) is 22.9 Å². The minimum atomic E-state index is -1.89. The molecule has 0 nitrogen and oxygen atoms in total. The first-order valence-corrected chi connectivity index (χ1v) is 20.7. The Bertz CT molecular complexity index is 1540. The van der Waals surface area contributed by atoms with Crippen LogP contribution in [0.5, 0.6) is 0 Å². The fourth-order valence-electron chi connectivity index (χ4n) is 8.17. The van der Waals surface area contributed by atoms with E-state index in [2.05, 4.69) is 167 Å². The van der Waals surface area contributed by atoms with Crippen molar-refractivity contribution >= 4 is 48.5 Å². The van der Waals surface area contributed by atoms with Gasteiger partial charge in [0, 0.05) is 11.1 Å².